The second-order valence-electron chi connectivity index (χ2n) is 5.77. The number of hydrogen-bond donors (Lipinski definition) is 0. The molecule has 0 aromatic heterocycles. The van der Waals surface area contributed by atoms with Crippen molar-refractivity contribution in [2.45, 2.75) is 37.5 Å². The van der Waals surface area contributed by atoms with Gasteiger partial charge in [0.1, 0.15) is 0 Å². The van der Waals surface area contributed by atoms with E-state index >= 15 is 0 Å². The molecule has 0 saturated carbocycles. The molecule has 1 fully saturated rings. The molecule has 3 nitrogen and oxygen atoms in total. The van der Waals surface area contributed by atoms with Crippen LogP contribution in [0.1, 0.15) is 36.8 Å². The fourth-order valence-corrected chi connectivity index (χ4v) is 3.69. The highest BCUT2D eigenvalue weighted by molar-refractivity contribution is 6.17. The Morgan fingerprint density at radius 3 is 2.55 bits per heavy atom. The van der Waals surface area contributed by atoms with Crippen LogP contribution in [0.2, 0.25) is 0 Å². The first-order chi connectivity index (χ1) is 9.66. The first-order valence-corrected chi connectivity index (χ1v) is 7.67. The van der Waals surface area contributed by atoms with Gasteiger partial charge in [0.2, 0.25) is 11.8 Å². The SMILES string of the molecule is O=C1CC2(CCc3ccccc32)CC(=O)N1CCCCl. The van der Waals surface area contributed by atoms with Crippen LogP contribution in [-0.2, 0) is 21.4 Å². The van der Waals surface area contributed by atoms with E-state index in [4.69, 9.17) is 11.6 Å². The number of nitrogens with zero attached hydrogens (tertiary/aromatic N) is 1. The number of hydrogen-bond acceptors (Lipinski definition) is 2. The summed E-state index contributed by atoms with van der Waals surface area (Å²) in [6, 6.07) is 8.22. The average Bonchev–Trinajstić information content (AvgIpc) is 2.77. The van der Waals surface area contributed by atoms with Crippen molar-refractivity contribution in [3.05, 3.63) is 35.4 Å². The molecule has 20 heavy (non-hydrogen) atoms. The second-order valence-corrected chi connectivity index (χ2v) is 6.15. The van der Waals surface area contributed by atoms with Crippen molar-refractivity contribution in [2.24, 2.45) is 0 Å². The quantitative estimate of drug-likeness (QED) is 0.634. The van der Waals surface area contributed by atoms with E-state index in [2.05, 4.69) is 12.1 Å². The molecule has 0 N–H and O–H groups in total. The Bertz CT molecular complexity index is 537. The lowest BCUT2D eigenvalue weighted by molar-refractivity contribution is -0.151. The standard InChI is InChI=1S/C16H18ClNO2/c17-8-3-9-18-14(19)10-16(11-15(18)20)7-6-12-4-1-2-5-13(12)16/h1-2,4-5H,3,6-11H2. The Hall–Kier alpha value is -1.35. The number of benzene rings is 1. The van der Waals surface area contributed by atoms with Crippen LogP contribution in [-0.4, -0.2) is 29.1 Å². The molecule has 2 amide bonds. The van der Waals surface area contributed by atoms with Crippen LogP contribution in [0.15, 0.2) is 24.3 Å². The molecule has 0 atom stereocenters. The Morgan fingerprint density at radius 1 is 1.15 bits per heavy atom. The van der Waals surface area contributed by atoms with E-state index in [1.807, 2.05) is 12.1 Å². The van der Waals surface area contributed by atoms with Crippen LogP contribution in [0.3, 0.4) is 0 Å². The van der Waals surface area contributed by atoms with Gasteiger partial charge >= 0.3 is 0 Å². The number of alkyl halides is 1. The topological polar surface area (TPSA) is 37.4 Å². The first-order valence-electron chi connectivity index (χ1n) is 7.14. The molecule has 0 bridgehead atoms. The summed E-state index contributed by atoms with van der Waals surface area (Å²) in [6.07, 6.45) is 3.46. The molecule has 0 radical (unpaired) electrons. The lowest BCUT2D eigenvalue weighted by atomic mass is 9.73. The summed E-state index contributed by atoms with van der Waals surface area (Å²) in [6.45, 7) is 0.457. The molecule has 1 heterocycles. The maximum atomic E-state index is 12.3. The van der Waals surface area contributed by atoms with E-state index in [1.165, 1.54) is 16.0 Å². The van der Waals surface area contributed by atoms with E-state index in [9.17, 15) is 9.59 Å². The van der Waals surface area contributed by atoms with E-state index in [0.717, 1.165) is 12.8 Å². The van der Waals surface area contributed by atoms with Gasteiger partial charge in [-0.2, -0.15) is 0 Å². The number of fused-ring (bicyclic) bond motifs is 2. The molecular formula is C16H18ClNO2. The Morgan fingerprint density at radius 2 is 1.85 bits per heavy atom. The summed E-state index contributed by atoms with van der Waals surface area (Å²) in [5, 5.41) is 0. The number of amides is 2. The lowest BCUT2D eigenvalue weighted by Gasteiger charge is -2.38. The highest BCUT2D eigenvalue weighted by Gasteiger charge is 2.47. The van der Waals surface area contributed by atoms with Crippen molar-refractivity contribution in [3.63, 3.8) is 0 Å². The summed E-state index contributed by atoms with van der Waals surface area (Å²) in [5.74, 6) is 0.400. The molecule has 1 aromatic rings. The first kappa shape index (κ1) is 13.6. The van der Waals surface area contributed by atoms with Gasteiger partial charge in [0.15, 0.2) is 0 Å². The molecule has 4 heteroatoms. The minimum Gasteiger partial charge on any atom is -0.283 e. The third-order valence-electron chi connectivity index (χ3n) is 4.56. The molecule has 1 saturated heterocycles. The van der Waals surface area contributed by atoms with Gasteiger partial charge in [0.05, 0.1) is 0 Å². The number of rotatable bonds is 3. The van der Waals surface area contributed by atoms with E-state index in [0.29, 0.717) is 31.7 Å². The maximum Gasteiger partial charge on any atom is 0.230 e. The second kappa shape index (κ2) is 5.21. The van der Waals surface area contributed by atoms with Crippen molar-refractivity contribution in [1.29, 1.82) is 0 Å². The normalized spacial score (nSPS) is 20.6. The summed E-state index contributed by atoms with van der Waals surface area (Å²) < 4.78 is 0. The molecule has 1 aliphatic heterocycles. The van der Waals surface area contributed by atoms with Crippen LogP contribution in [0.5, 0.6) is 0 Å². The smallest absolute Gasteiger partial charge is 0.230 e. The third kappa shape index (κ3) is 2.14. The number of piperidine rings is 1. The van der Waals surface area contributed by atoms with Crippen molar-refractivity contribution < 1.29 is 9.59 Å². The summed E-state index contributed by atoms with van der Waals surface area (Å²) >= 11 is 5.65. The summed E-state index contributed by atoms with van der Waals surface area (Å²) in [4.78, 5) is 26.1. The van der Waals surface area contributed by atoms with E-state index < -0.39 is 0 Å². The van der Waals surface area contributed by atoms with E-state index in [1.54, 1.807) is 0 Å². The number of carbonyl (C=O) groups excluding carboxylic acids is 2. The average molecular weight is 292 g/mol. The van der Waals surface area contributed by atoms with E-state index in [-0.39, 0.29) is 17.2 Å². The molecular weight excluding hydrogens is 274 g/mol. The van der Waals surface area contributed by atoms with Crippen LogP contribution < -0.4 is 0 Å². The predicted molar refractivity (Wildman–Crippen MR) is 77.7 cm³/mol. The zero-order valence-corrected chi connectivity index (χ0v) is 12.2. The minimum absolute atomic E-state index is 0.0388. The highest BCUT2D eigenvalue weighted by Crippen LogP contribution is 2.46. The van der Waals surface area contributed by atoms with Crippen LogP contribution in [0.25, 0.3) is 0 Å². The van der Waals surface area contributed by atoms with Gasteiger partial charge in [0.25, 0.3) is 0 Å². The third-order valence-corrected chi connectivity index (χ3v) is 4.83. The largest absolute Gasteiger partial charge is 0.283 e. The molecule has 0 unspecified atom stereocenters. The van der Waals surface area contributed by atoms with Gasteiger partial charge in [-0.25, -0.2) is 0 Å². The molecule has 1 aromatic carbocycles. The Labute approximate surface area is 123 Å². The fraction of sp³-hybridized carbons (Fsp3) is 0.500. The van der Waals surface area contributed by atoms with Gasteiger partial charge in [-0.3, -0.25) is 14.5 Å². The lowest BCUT2D eigenvalue weighted by Crippen LogP contribution is -2.49. The number of imide groups is 1. The van der Waals surface area contributed by atoms with Crippen LogP contribution in [0, 0.1) is 0 Å². The predicted octanol–water partition coefficient (Wildman–Crippen LogP) is 2.65. The van der Waals surface area contributed by atoms with Gasteiger partial charge in [-0.05, 0) is 30.4 Å². The molecule has 3 rings (SSSR count). The number of carbonyl (C=O) groups is 2. The van der Waals surface area contributed by atoms with Crippen molar-refractivity contribution >= 4 is 23.4 Å². The van der Waals surface area contributed by atoms with Gasteiger partial charge in [-0.1, -0.05) is 24.3 Å². The molecule has 2 aliphatic rings. The van der Waals surface area contributed by atoms with Crippen LogP contribution in [0.4, 0.5) is 0 Å². The van der Waals surface area contributed by atoms with Crippen LogP contribution >= 0.6 is 11.6 Å². The fourth-order valence-electron chi connectivity index (χ4n) is 3.57. The van der Waals surface area contributed by atoms with Crippen molar-refractivity contribution in [2.75, 3.05) is 12.4 Å². The molecule has 1 aliphatic carbocycles. The van der Waals surface area contributed by atoms with Gasteiger partial charge in [0, 0.05) is 30.7 Å². The van der Waals surface area contributed by atoms with Gasteiger partial charge < -0.3 is 0 Å². The summed E-state index contributed by atoms with van der Waals surface area (Å²) in [7, 11) is 0. The van der Waals surface area contributed by atoms with Crippen molar-refractivity contribution in [1.82, 2.24) is 4.90 Å². The maximum absolute atomic E-state index is 12.3. The number of aryl methyl sites for hydroxylation is 1. The number of likely N-dealkylation sites (tertiary alicyclic amines) is 1. The Kier molecular flexibility index (Phi) is 3.55. The zero-order chi connectivity index (χ0) is 14.2. The highest BCUT2D eigenvalue weighted by atomic mass is 35.5. The molecule has 106 valence electrons. The summed E-state index contributed by atoms with van der Waals surface area (Å²) in [5.41, 5.74) is 2.25. The van der Waals surface area contributed by atoms with Gasteiger partial charge in [-0.15, -0.1) is 11.6 Å². The monoisotopic (exact) mass is 291 g/mol. The molecule has 1 spiro atoms. The zero-order valence-electron chi connectivity index (χ0n) is 11.4. The minimum atomic E-state index is -0.248. The Balaban J connectivity index is 1.86. The number of halogens is 1. The van der Waals surface area contributed by atoms with Crippen molar-refractivity contribution in [3.8, 4) is 0 Å².